The summed E-state index contributed by atoms with van der Waals surface area (Å²) in [4.78, 5) is 26.1. The molecule has 0 bridgehead atoms. The minimum Gasteiger partial charge on any atom is -0.462 e. The molecule has 0 aromatic heterocycles. The Balaban J connectivity index is 4.63. The summed E-state index contributed by atoms with van der Waals surface area (Å²) in [7, 11) is 0. The van der Waals surface area contributed by atoms with Crippen LogP contribution in [0.15, 0.2) is 72.9 Å². The highest BCUT2D eigenvalue weighted by atomic mass is 16.5. The Morgan fingerprint density at radius 2 is 1.00 bits per heavy atom. The number of aliphatic hydroxyl groups excluding tert-OH is 2. The third-order valence-electron chi connectivity index (χ3n) is 10.8. The molecule has 0 aliphatic heterocycles. The maximum Gasteiger partial charge on any atom is 0.306 e. The second-order valence-corrected chi connectivity index (χ2v) is 16.5. The summed E-state index contributed by atoms with van der Waals surface area (Å²) in [5.41, 5.74) is 0. The van der Waals surface area contributed by atoms with E-state index in [0.29, 0.717) is 19.3 Å². The van der Waals surface area contributed by atoms with Gasteiger partial charge in [-0.05, 0) is 77.0 Å². The fourth-order valence-electron chi connectivity index (χ4n) is 7.15. The Morgan fingerprint density at radius 3 is 1.59 bits per heavy atom. The summed E-state index contributed by atoms with van der Waals surface area (Å²) in [6.07, 6.45) is 58.2. The van der Waals surface area contributed by atoms with Gasteiger partial charge >= 0.3 is 5.97 Å². The van der Waals surface area contributed by atoms with Crippen molar-refractivity contribution in [1.29, 1.82) is 0 Å². The molecule has 0 spiro atoms. The lowest BCUT2D eigenvalue weighted by Crippen LogP contribution is -2.46. The van der Waals surface area contributed by atoms with E-state index in [1.54, 1.807) is 0 Å². The molecule has 0 fully saturated rings. The molecule has 0 aliphatic rings. The van der Waals surface area contributed by atoms with Crippen molar-refractivity contribution in [2.45, 2.75) is 244 Å². The molecular weight excluding hydrogens is 731 g/mol. The molecular formula is C53H93NO5. The van der Waals surface area contributed by atoms with E-state index >= 15 is 0 Å². The van der Waals surface area contributed by atoms with Gasteiger partial charge < -0.3 is 20.3 Å². The van der Waals surface area contributed by atoms with Gasteiger partial charge in [0.05, 0.1) is 25.2 Å². The molecule has 340 valence electrons. The first kappa shape index (κ1) is 56.3. The van der Waals surface area contributed by atoms with Crippen LogP contribution in [0.5, 0.6) is 0 Å². The van der Waals surface area contributed by atoms with Crippen LogP contribution >= 0.6 is 0 Å². The molecule has 3 N–H and O–H groups in total. The SMILES string of the molecule is CC/C=C/C=C/C=C/CCCCCCCCCC(=O)OC(CCCC/C=C/C/C=C/C/C=C/CC)CC(=O)NC(CO)C(O)CCCCCCCCCCCCCCC. The van der Waals surface area contributed by atoms with E-state index < -0.39 is 18.2 Å². The Labute approximate surface area is 364 Å². The molecule has 0 saturated carbocycles. The van der Waals surface area contributed by atoms with Crippen molar-refractivity contribution in [3.8, 4) is 0 Å². The molecule has 59 heavy (non-hydrogen) atoms. The molecule has 6 heteroatoms. The van der Waals surface area contributed by atoms with Crippen molar-refractivity contribution in [3.05, 3.63) is 72.9 Å². The lowest BCUT2D eigenvalue weighted by atomic mass is 10.0. The first-order valence-electron chi connectivity index (χ1n) is 24.7. The van der Waals surface area contributed by atoms with Crippen molar-refractivity contribution in [2.75, 3.05) is 6.61 Å². The standard InChI is InChI=1S/C53H93NO5/c1-4-7-10-13-16-19-22-25-26-28-31-34-37-40-43-46-53(58)59-49(44-41-38-35-32-29-24-21-18-15-12-9-6-3)47-52(57)54-50(48-55)51(56)45-42-39-36-33-30-27-23-20-17-14-11-8-5-2/h7,9-10,12-13,16,18-19,21-22,29,32,49-51,55-56H,4-6,8,11,14-15,17,20,23-28,30-31,33-48H2,1-3H3,(H,54,57)/b10-7+,12-9+,16-13+,21-18+,22-19+,32-29+. The normalized spacial score (nSPS) is 13.9. The van der Waals surface area contributed by atoms with E-state index in [4.69, 9.17) is 4.74 Å². The van der Waals surface area contributed by atoms with Gasteiger partial charge in [-0.2, -0.15) is 0 Å². The lowest BCUT2D eigenvalue weighted by Gasteiger charge is -2.24. The number of aliphatic hydroxyl groups is 2. The van der Waals surface area contributed by atoms with E-state index in [2.05, 4.69) is 99.0 Å². The monoisotopic (exact) mass is 824 g/mol. The summed E-state index contributed by atoms with van der Waals surface area (Å²) in [5.74, 6) is -0.529. The smallest absolute Gasteiger partial charge is 0.306 e. The molecule has 0 radical (unpaired) electrons. The number of amides is 1. The zero-order chi connectivity index (χ0) is 43.1. The largest absolute Gasteiger partial charge is 0.462 e. The Hall–Kier alpha value is -2.70. The summed E-state index contributed by atoms with van der Waals surface area (Å²) in [6, 6.07) is -0.718. The van der Waals surface area contributed by atoms with Gasteiger partial charge in [-0.15, -0.1) is 0 Å². The second-order valence-electron chi connectivity index (χ2n) is 16.5. The van der Waals surface area contributed by atoms with Gasteiger partial charge in [0.1, 0.15) is 6.10 Å². The fraction of sp³-hybridized carbons (Fsp3) is 0.736. The number of unbranched alkanes of at least 4 members (excludes halogenated alkanes) is 21. The predicted octanol–water partition coefficient (Wildman–Crippen LogP) is 14.6. The van der Waals surface area contributed by atoms with Crippen molar-refractivity contribution in [1.82, 2.24) is 5.32 Å². The van der Waals surface area contributed by atoms with Gasteiger partial charge in [0.15, 0.2) is 0 Å². The topological polar surface area (TPSA) is 95.9 Å². The number of ether oxygens (including phenoxy) is 1. The summed E-state index contributed by atoms with van der Waals surface area (Å²) < 4.78 is 5.90. The number of hydrogen-bond donors (Lipinski definition) is 3. The fourth-order valence-corrected chi connectivity index (χ4v) is 7.15. The molecule has 0 saturated heterocycles. The van der Waals surface area contributed by atoms with Crippen LogP contribution in [-0.2, 0) is 14.3 Å². The van der Waals surface area contributed by atoms with Crippen LogP contribution in [0.1, 0.15) is 226 Å². The van der Waals surface area contributed by atoms with Crippen LogP contribution < -0.4 is 5.32 Å². The van der Waals surface area contributed by atoms with Crippen molar-refractivity contribution >= 4 is 11.9 Å². The maximum atomic E-state index is 13.2. The van der Waals surface area contributed by atoms with Gasteiger partial charge in [0.2, 0.25) is 5.91 Å². The zero-order valence-corrected chi connectivity index (χ0v) is 38.6. The third-order valence-corrected chi connectivity index (χ3v) is 10.8. The van der Waals surface area contributed by atoms with Gasteiger partial charge in [0, 0.05) is 6.42 Å². The van der Waals surface area contributed by atoms with E-state index in [1.165, 1.54) is 89.9 Å². The van der Waals surface area contributed by atoms with Gasteiger partial charge in [0.25, 0.3) is 0 Å². The van der Waals surface area contributed by atoms with Crippen LogP contribution in [0.25, 0.3) is 0 Å². The third kappa shape index (κ3) is 41.8. The van der Waals surface area contributed by atoms with Gasteiger partial charge in [-0.1, -0.05) is 209 Å². The molecule has 1 amide bonds. The number of hydrogen-bond acceptors (Lipinski definition) is 5. The minimum atomic E-state index is -0.802. The first-order valence-corrected chi connectivity index (χ1v) is 24.7. The van der Waals surface area contributed by atoms with Gasteiger partial charge in [-0.25, -0.2) is 0 Å². The average Bonchev–Trinajstić information content (AvgIpc) is 3.23. The quantitative estimate of drug-likeness (QED) is 0.0246. The van der Waals surface area contributed by atoms with Crippen molar-refractivity contribution in [2.24, 2.45) is 0 Å². The Morgan fingerprint density at radius 1 is 0.525 bits per heavy atom. The molecule has 0 aliphatic carbocycles. The molecule has 6 nitrogen and oxygen atoms in total. The first-order chi connectivity index (χ1) is 29.0. The second kappa shape index (κ2) is 46.4. The number of nitrogens with one attached hydrogen (secondary N) is 1. The number of allylic oxidation sites excluding steroid dienone is 12. The van der Waals surface area contributed by atoms with E-state index in [1.807, 2.05) is 0 Å². The highest BCUT2D eigenvalue weighted by molar-refractivity contribution is 5.77. The number of esters is 1. The molecule has 0 rings (SSSR count). The molecule has 0 heterocycles. The Bertz CT molecular complexity index is 1110. The van der Waals surface area contributed by atoms with Gasteiger partial charge in [-0.3, -0.25) is 9.59 Å². The average molecular weight is 824 g/mol. The van der Waals surface area contributed by atoms with E-state index in [9.17, 15) is 19.8 Å². The van der Waals surface area contributed by atoms with Crippen LogP contribution in [0.2, 0.25) is 0 Å². The molecule has 3 unspecified atom stereocenters. The van der Waals surface area contributed by atoms with E-state index in [0.717, 1.165) is 89.9 Å². The van der Waals surface area contributed by atoms with Crippen molar-refractivity contribution in [3.63, 3.8) is 0 Å². The summed E-state index contributed by atoms with van der Waals surface area (Å²) in [6.45, 7) is 6.22. The lowest BCUT2D eigenvalue weighted by molar-refractivity contribution is -0.151. The summed E-state index contributed by atoms with van der Waals surface area (Å²) in [5, 5.41) is 23.7. The van der Waals surface area contributed by atoms with Crippen LogP contribution in [0, 0.1) is 0 Å². The highest BCUT2D eigenvalue weighted by Crippen LogP contribution is 2.17. The zero-order valence-electron chi connectivity index (χ0n) is 38.6. The summed E-state index contributed by atoms with van der Waals surface area (Å²) >= 11 is 0. The van der Waals surface area contributed by atoms with Crippen LogP contribution in [0.3, 0.4) is 0 Å². The van der Waals surface area contributed by atoms with Crippen molar-refractivity contribution < 1.29 is 24.5 Å². The Kier molecular flexibility index (Phi) is 44.2. The molecule has 0 aromatic carbocycles. The molecule has 0 aromatic rings. The molecule has 3 atom stereocenters. The maximum absolute atomic E-state index is 13.2. The number of rotatable bonds is 43. The minimum absolute atomic E-state index is 0.0438. The van der Waals surface area contributed by atoms with Crippen LogP contribution in [0.4, 0.5) is 0 Å². The highest BCUT2D eigenvalue weighted by Gasteiger charge is 2.24. The van der Waals surface area contributed by atoms with E-state index in [-0.39, 0.29) is 24.9 Å². The predicted molar refractivity (Wildman–Crippen MR) is 255 cm³/mol. The number of carbonyl (C=O) groups excluding carboxylic acids is 2. The number of carbonyl (C=O) groups is 2. The van der Waals surface area contributed by atoms with Crippen LogP contribution in [-0.4, -0.2) is 46.9 Å².